The lowest BCUT2D eigenvalue weighted by Gasteiger charge is -2.33. The fourth-order valence-electron chi connectivity index (χ4n) is 4.19. The van der Waals surface area contributed by atoms with Gasteiger partial charge in [-0.15, -0.1) is 0 Å². The van der Waals surface area contributed by atoms with Crippen LogP contribution in [0.15, 0.2) is 64.2 Å². The molecule has 0 amide bonds. The number of benzene rings is 2. The molecule has 0 spiro atoms. The first-order valence-electron chi connectivity index (χ1n) is 10.5. The van der Waals surface area contributed by atoms with Crippen molar-refractivity contribution in [2.24, 2.45) is 7.05 Å². The van der Waals surface area contributed by atoms with Gasteiger partial charge in [0.05, 0.1) is 0 Å². The molecule has 2 heterocycles. The van der Waals surface area contributed by atoms with E-state index in [0.717, 1.165) is 5.56 Å². The van der Waals surface area contributed by atoms with Crippen molar-refractivity contribution in [3.63, 3.8) is 0 Å². The lowest BCUT2D eigenvalue weighted by atomic mass is 10.1. The number of halogens is 2. The van der Waals surface area contributed by atoms with Crippen LogP contribution in [0.4, 0.5) is 20.3 Å². The third-order valence-corrected chi connectivity index (χ3v) is 5.58. The fraction of sp³-hybridized carbons (Fsp3) is 0.304. The van der Waals surface area contributed by atoms with E-state index in [9.17, 15) is 23.5 Å². The van der Waals surface area contributed by atoms with Crippen molar-refractivity contribution in [1.82, 2.24) is 9.55 Å². The summed E-state index contributed by atoms with van der Waals surface area (Å²) in [5, 5.41) is 9.47. The van der Waals surface area contributed by atoms with Gasteiger partial charge < -0.3 is 19.6 Å². The van der Waals surface area contributed by atoms with Crippen LogP contribution in [0.25, 0.3) is 0 Å². The van der Waals surface area contributed by atoms with Gasteiger partial charge >= 0.3 is 12.3 Å². The molecule has 10 heteroatoms. The number of alkyl halides is 2. The van der Waals surface area contributed by atoms with E-state index in [4.69, 9.17) is 0 Å². The second-order valence-corrected chi connectivity index (χ2v) is 7.70. The Hall–Kier alpha value is -3.66. The van der Waals surface area contributed by atoms with Crippen LogP contribution in [0.5, 0.6) is 5.75 Å². The third-order valence-electron chi connectivity index (χ3n) is 5.58. The molecule has 2 aromatic carbocycles. The van der Waals surface area contributed by atoms with Crippen molar-refractivity contribution in [2.45, 2.75) is 25.7 Å². The molecule has 3 aromatic rings. The lowest BCUT2D eigenvalue weighted by molar-refractivity contribution is -0.0498. The zero-order valence-corrected chi connectivity index (χ0v) is 17.9. The molecule has 33 heavy (non-hydrogen) atoms. The lowest BCUT2D eigenvalue weighted by Crippen LogP contribution is -2.37. The third kappa shape index (κ3) is 4.47. The van der Waals surface area contributed by atoms with Crippen molar-refractivity contribution in [1.29, 1.82) is 0 Å². The number of hydrogen-bond donors (Lipinski definition) is 2. The highest BCUT2D eigenvalue weighted by molar-refractivity contribution is 5.74. The standard InChI is InChI=1S/C23H24F2N4O4/c1-27-21-18(19(31)26-23(27)32)29(14-15-6-3-2-4-7-15)20(28(21)12-5-13-30)16-8-10-17(11-9-16)33-22(24)25/h2-4,6-11,20,22,30H,5,12-14H2,1H3,(H,26,31,32). The van der Waals surface area contributed by atoms with Gasteiger partial charge in [-0.05, 0) is 29.7 Å². The zero-order chi connectivity index (χ0) is 23.5. The molecule has 1 aliphatic heterocycles. The molecule has 0 saturated carbocycles. The number of aromatic amines is 1. The molecule has 0 aliphatic carbocycles. The number of H-pyrrole nitrogens is 1. The van der Waals surface area contributed by atoms with Crippen molar-refractivity contribution >= 4 is 11.5 Å². The summed E-state index contributed by atoms with van der Waals surface area (Å²) in [5.74, 6) is 0.456. The van der Waals surface area contributed by atoms with Crippen molar-refractivity contribution in [3.05, 3.63) is 86.6 Å². The Morgan fingerprint density at radius 3 is 2.39 bits per heavy atom. The molecule has 2 N–H and O–H groups in total. The number of anilines is 2. The number of rotatable bonds is 8. The number of hydrogen-bond acceptors (Lipinski definition) is 6. The van der Waals surface area contributed by atoms with Crippen LogP contribution in [0.1, 0.15) is 23.7 Å². The first-order valence-corrected chi connectivity index (χ1v) is 10.5. The summed E-state index contributed by atoms with van der Waals surface area (Å²) in [6.45, 7) is -2.28. The maximum atomic E-state index is 13.0. The summed E-state index contributed by atoms with van der Waals surface area (Å²) >= 11 is 0. The Bertz CT molecular complexity index is 1210. The van der Waals surface area contributed by atoms with Crippen LogP contribution in [-0.4, -0.2) is 34.4 Å². The quantitative estimate of drug-likeness (QED) is 0.539. The number of ether oxygens (including phenoxy) is 1. The summed E-state index contributed by atoms with van der Waals surface area (Å²) in [4.78, 5) is 31.5. The summed E-state index contributed by atoms with van der Waals surface area (Å²) in [6.07, 6.45) is -0.107. The Kier molecular flexibility index (Phi) is 6.45. The molecule has 0 radical (unpaired) electrons. The Morgan fingerprint density at radius 1 is 1.06 bits per heavy atom. The molecule has 1 aromatic heterocycles. The highest BCUT2D eigenvalue weighted by Crippen LogP contribution is 2.44. The summed E-state index contributed by atoms with van der Waals surface area (Å²) in [6, 6.07) is 15.8. The SMILES string of the molecule is Cn1c2c(c(=O)[nH]c1=O)N(Cc1ccccc1)C(c1ccc(OC(F)F)cc1)N2CCCO. The number of aromatic nitrogens is 2. The molecule has 4 rings (SSSR count). The first kappa shape index (κ1) is 22.5. The zero-order valence-electron chi connectivity index (χ0n) is 17.9. The van der Waals surface area contributed by atoms with Gasteiger partial charge in [-0.3, -0.25) is 14.3 Å². The van der Waals surface area contributed by atoms with Gasteiger partial charge in [-0.25, -0.2) is 4.79 Å². The van der Waals surface area contributed by atoms with Crippen LogP contribution in [0.3, 0.4) is 0 Å². The van der Waals surface area contributed by atoms with E-state index in [1.54, 1.807) is 19.2 Å². The second-order valence-electron chi connectivity index (χ2n) is 7.70. The largest absolute Gasteiger partial charge is 0.435 e. The number of fused-ring (bicyclic) bond motifs is 1. The van der Waals surface area contributed by atoms with E-state index in [0.29, 0.717) is 36.6 Å². The van der Waals surface area contributed by atoms with E-state index in [1.165, 1.54) is 16.7 Å². The number of aliphatic hydroxyl groups is 1. The van der Waals surface area contributed by atoms with Crippen LogP contribution in [0.2, 0.25) is 0 Å². The van der Waals surface area contributed by atoms with E-state index >= 15 is 0 Å². The molecule has 0 bridgehead atoms. The van der Waals surface area contributed by atoms with Crippen LogP contribution >= 0.6 is 0 Å². The summed E-state index contributed by atoms with van der Waals surface area (Å²) in [5.41, 5.74) is 0.931. The molecule has 1 aliphatic rings. The highest BCUT2D eigenvalue weighted by atomic mass is 19.3. The average molecular weight is 458 g/mol. The van der Waals surface area contributed by atoms with Gasteiger partial charge in [0.15, 0.2) is 0 Å². The number of aliphatic hydroxyl groups excluding tert-OH is 1. The summed E-state index contributed by atoms with van der Waals surface area (Å²) < 4.78 is 31.0. The molecule has 1 atom stereocenters. The van der Waals surface area contributed by atoms with Crippen LogP contribution in [-0.2, 0) is 13.6 Å². The monoisotopic (exact) mass is 458 g/mol. The van der Waals surface area contributed by atoms with E-state index in [1.807, 2.05) is 40.1 Å². The maximum absolute atomic E-state index is 13.0. The number of nitrogens with zero attached hydrogens (tertiary/aromatic N) is 3. The van der Waals surface area contributed by atoms with E-state index in [2.05, 4.69) is 9.72 Å². The number of nitrogens with one attached hydrogen (secondary N) is 1. The summed E-state index contributed by atoms with van der Waals surface area (Å²) in [7, 11) is 1.58. The van der Waals surface area contributed by atoms with Gasteiger partial charge in [0.25, 0.3) is 5.56 Å². The minimum atomic E-state index is -2.93. The predicted molar refractivity (Wildman–Crippen MR) is 120 cm³/mol. The fourth-order valence-corrected chi connectivity index (χ4v) is 4.19. The minimum Gasteiger partial charge on any atom is -0.435 e. The van der Waals surface area contributed by atoms with Gasteiger partial charge in [0, 0.05) is 26.7 Å². The molecule has 0 fully saturated rings. The smallest absolute Gasteiger partial charge is 0.387 e. The Morgan fingerprint density at radius 2 is 1.76 bits per heavy atom. The minimum absolute atomic E-state index is 0.0195. The average Bonchev–Trinajstić information content (AvgIpc) is 3.11. The molecular weight excluding hydrogens is 434 g/mol. The van der Waals surface area contributed by atoms with E-state index < -0.39 is 24.0 Å². The molecule has 0 saturated heterocycles. The highest BCUT2D eigenvalue weighted by Gasteiger charge is 2.40. The van der Waals surface area contributed by atoms with Crippen molar-refractivity contribution in [2.75, 3.05) is 23.0 Å². The molecular formula is C23H24F2N4O4. The van der Waals surface area contributed by atoms with E-state index in [-0.39, 0.29) is 12.4 Å². The molecule has 174 valence electrons. The van der Waals surface area contributed by atoms with Gasteiger partial charge in [0.1, 0.15) is 23.4 Å². The normalized spacial score (nSPS) is 15.2. The van der Waals surface area contributed by atoms with Crippen LogP contribution in [0, 0.1) is 0 Å². The first-order chi connectivity index (χ1) is 15.9. The second kappa shape index (κ2) is 9.45. The van der Waals surface area contributed by atoms with Gasteiger partial charge in [-0.1, -0.05) is 42.5 Å². The molecule has 1 unspecified atom stereocenters. The van der Waals surface area contributed by atoms with Gasteiger partial charge in [0.2, 0.25) is 0 Å². The topological polar surface area (TPSA) is 90.8 Å². The molecule has 8 nitrogen and oxygen atoms in total. The van der Waals surface area contributed by atoms with Crippen molar-refractivity contribution < 1.29 is 18.6 Å². The van der Waals surface area contributed by atoms with Crippen LogP contribution < -0.4 is 25.8 Å². The maximum Gasteiger partial charge on any atom is 0.387 e. The Labute approximate surface area is 188 Å². The van der Waals surface area contributed by atoms with Gasteiger partial charge in [-0.2, -0.15) is 8.78 Å². The Balaban J connectivity index is 1.86. The van der Waals surface area contributed by atoms with Crippen molar-refractivity contribution in [3.8, 4) is 5.75 Å². The predicted octanol–water partition coefficient (Wildman–Crippen LogP) is 2.58.